The van der Waals surface area contributed by atoms with E-state index in [4.69, 9.17) is 15.2 Å². The maximum absolute atomic E-state index is 5.55. The summed E-state index contributed by atoms with van der Waals surface area (Å²) >= 11 is 0. The van der Waals surface area contributed by atoms with E-state index in [1.54, 1.807) is 26.7 Å². The highest BCUT2D eigenvalue weighted by molar-refractivity contribution is 4.97. The van der Waals surface area contributed by atoms with Crippen molar-refractivity contribution in [3.63, 3.8) is 0 Å². The highest BCUT2D eigenvalue weighted by atomic mass is 16.5. The van der Waals surface area contributed by atoms with E-state index >= 15 is 0 Å². The molecule has 5 heteroatoms. The van der Waals surface area contributed by atoms with E-state index in [9.17, 15) is 0 Å². The summed E-state index contributed by atoms with van der Waals surface area (Å²) in [5.74, 6) is 0. The summed E-state index contributed by atoms with van der Waals surface area (Å²) in [6.07, 6.45) is 3.56. The summed E-state index contributed by atoms with van der Waals surface area (Å²) in [5.41, 5.74) is 6.56. The summed E-state index contributed by atoms with van der Waals surface area (Å²) in [4.78, 5) is 4.03. The second-order valence-electron chi connectivity index (χ2n) is 3.05. The first-order valence-corrected chi connectivity index (χ1v) is 4.52. The van der Waals surface area contributed by atoms with Gasteiger partial charge in [-0.2, -0.15) is 0 Å². The van der Waals surface area contributed by atoms with E-state index in [0.717, 1.165) is 12.2 Å². The van der Waals surface area contributed by atoms with Gasteiger partial charge in [-0.15, -0.1) is 0 Å². The predicted octanol–water partition coefficient (Wildman–Crippen LogP) is 0.00320. The summed E-state index contributed by atoms with van der Waals surface area (Å²) in [5, 5.41) is 0. The third kappa shape index (κ3) is 2.80. The second kappa shape index (κ2) is 5.74. The van der Waals surface area contributed by atoms with Gasteiger partial charge in [0.2, 0.25) is 0 Å². The molecular weight excluding hydrogens is 182 g/mol. The number of imidazole rings is 1. The van der Waals surface area contributed by atoms with Crippen molar-refractivity contribution in [3.05, 3.63) is 18.2 Å². The van der Waals surface area contributed by atoms with E-state index in [1.165, 1.54) is 0 Å². The minimum absolute atomic E-state index is 0.0412. The summed E-state index contributed by atoms with van der Waals surface area (Å²) in [6.45, 7) is 1.78. The van der Waals surface area contributed by atoms with Crippen molar-refractivity contribution < 1.29 is 9.47 Å². The van der Waals surface area contributed by atoms with Crippen LogP contribution in [0.3, 0.4) is 0 Å². The molecule has 0 aliphatic carbocycles. The zero-order valence-electron chi connectivity index (χ0n) is 8.64. The molecule has 1 heterocycles. The SMILES string of the molecule is COCC(Cn1cncc1CN)OC. The molecule has 0 aliphatic heterocycles. The number of hydrogen-bond acceptors (Lipinski definition) is 4. The lowest BCUT2D eigenvalue weighted by Crippen LogP contribution is -2.24. The molecule has 0 spiro atoms. The average Bonchev–Trinajstić information content (AvgIpc) is 2.64. The zero-order chi connectivity index (χ0) is 10.4. The summed E-state index contributed by atoms with van der Waals surface area (Å²) in [7, 11) is 3.33. The molecule has 0 saturated heterocycles. The van der Waals surface area contributed by atoms with Gasteiger partial charge in [-0.1, -0.05) is 0 Å². The van der Waals surface area contributed by atoms with Crippen molar-refractivity contribution in [2.45, 2.75) is 19.2 Å². The molecule has 0 aliphatic rings. The van der Waals surface area contributed by atoms with Crippen LogP contribution in [-0.4, -0.2) is 36.5 Å². The Bertz CT molecular complexity index is 262. The van der Waals surface area contributed by atoms with Crippen LogP contribution in [0.2, 0.25) is 0 Å². The lowest BCUT2D eigenvalue weighted by molar-refractivity contribution is 0.0179. The lowest BCUT2D eigenvalue weighted by atomic mass is 10.3. The molecule has 0 amide bonds. The van der Waals surface area contributed by atoms with Crippen molar-refractivity contribution in [3.8, 4) is 0 Å². The van der Waals surface area contributed by atoms with Gasteiger partial charge in [0, 0.05) is 27.0 Å². The molecule has 1 rings (SSSR count). The molecule has 80 valence electrons. The normalized spacial score (nSPS) is 13.1. The van der Waals surface area contributed by atoms with Crippen LogP contribution in [0, 0.1) is 0 Å². The third-order valence-electron chi connectivity index (χ3n) is 2.09. The molecule has 0 radical (unpaired) electrons. The third-order valence-corrected chi connectivity index (χ3v) is 2.09. The van der Waals surface area contributed by atoms with Crippen LogP contribution in [0.5, 0.6) is 0 Å². The van der Waals surface area contributed by atoms with E-state index in [-0.39, 0.29) is 6.10 Å². The molecule has 1 atom stereocenters. The fraction of sp³-hybridized carbons (Fsp3) is 0.667. The van der Waals surface area contributed by atoms with Crippen LogP contribution in [0.15, 0.2) is 12.5 Å². The lowest BCUT2D eigenvalue weighted by Gasteiger charge is -2.16. The molecule has 0 aromatic carbocycles. The molecular formula is C9H17N3O2. The minimum Gasteiger partial charge on any atom is -0.382 e. The Balaban J connectivity index is 2.56. The fourth-order valence-corrected chi connectivity index (χ4v) is 1.28. The van der Waals surface area contributed by atoms with Crippen LogP contribution < -0.4 is 5.73 Å². The Kier molecular flexibility index (Phi) is 4.58. The number of rotatable bonds is 6. The Morgan fingerprint density at radius 1 is 1.57 bits per heavy atom. The molecule has 5 nitrogen and oxygen atoms in total. The quantitative estimate of drug-likeness (QED) is 0.700. The van der Waals surface area contributed by atoms with Crippen LogP contribution >= 0.6 is 0 Å². The molecule has 14 heavy (non-hydrogen) atoms. The number of nitrogens with two attached hydrogens (primary N) is 1. The topological polar surface area (TPSA) is 62.3 Å². The first-order chi connectivity index (χ1) is 6.81. The van der Waals surface area contributed by atoms with Crippen molar-refractivity contribution in [1.82, 2.24) is 9.55 Å². The molecule has 1 unspecified atom stereocenters. The van der Waals surface area contributed by atoms with Crippen molar-refractivity contribution >= 4 is 0 Å². The first-order valence-electron chi connectivity index (χ1n) is 4.52. The van der Waals surface area contributed by atoms with E-state index in [1.807, 2.05) is 4.57 Å². The highest BCUT2D eigenvalue weighted by Gasteiger charge is 2.09. The van der Waals surface area contributed by atoms with Gasteiger partial charge >= 0.3 is 0 Å². The van der Waals surface area contributed by atoms with Crippen molar-refractivity contribution in [1.29, 1.82) is 0 Å². The van der Waals surface area contributed by atoms with Gasteiger partial charge in [-0.05, 0) is 0 Å². The first kappa shape index (κ1) is 11.2. The van der Waals surface area contributed by atoms with E-state index < -0.39 is 0 Å². The summed E-state index contributed by atoms with van der Waals surface area (Å²) < 4.78 is 12.3. The highest BCUT2D eigenvalue weighted by Crippen LogP contribution is 2.02. The van der Waals surface area contributed by atoms with Crippen LogP contribution in [0.4, 0.5) is 0 Å². The van der Waals surface area contributed by atoms with E-state index in [2.05, 4.69) is 4.98 Å². The number of aromatic nitrogens is 2. The predicted molar refractivity (Wildman–Crippen MR) is 52.8 cm³/mol. The average molecular weight is 199 g/mol. The Hall–Kier alpha value is -0.910. The molecule has 0 saturated carbocycles. The van der Waals surface area contributed by atoms with Crippen LogP contribution in [0.25, 0.3) is 0 Å². The molecule has 2 N–H and O–H groups in total. The summed E-state index contributed by atoms with van der Waals surface area (Å²) in [6, 6.07) is 0. The van der Waals surface area contributed by atoms with Gasteiger partial charge in [0.15, 0.2) is 0 Å². The maximum atomic E-state index is 5.55. The number of nitrogens with zero attached hydrogens (tertiary/aromatic N) is 2. The molecule has 0 bridgehead atoms. The van der Waals surface area contributed by atoms with Gasteiger partial charge in [0.05, 0.1) is 31.3 Å². The van der Waals surface area contributed by atoms with E-state index in [0.29, 0.717) is 13.2 Å². The van der Waals surface area contributed by atoms with Crippen molar-refractivity contribution in [2.75, 3.05) is 20.8 Å². The molecule has 1 aromatic rings. The standard InChI is InChI=1S/C9H17N3O2/c1-13-6-9(14-2)5-12-7-11-4-8(12)3-10/h4,7,9H,3,5-6,10H2,1-2H3. The largest absolute Gasteiger partial charge is 0.382 e. The Morgan fingerprint density at radius 2 is 2.36 bits per heavy atom. The Labute approximate surface area is 83.8 Å². The monoisotopic (exact) mass is 199 g/mol. The van der Waals surface area contributed by atoms with Crippen LogP contribution in [0.1, 0.15) is 5.69 Å². The van der Waals surface area contributed by atoms with Gasteiger partial charge < -0.3 is 19.8 Å². The zero-order valence-corrected chi connectivity index (χ0v) is 8.64. The maximum Gasteiger partial charge on any atom is 0.0983 e. The Morgan fingerprint density at radius 3 is 2.93 bits per heavy atom. The molecule has 0 fully saturated rings. The van der Waals surface area contributed by atoms with Gasteiger partial charge in [0.25, 0.3) is 0 Å². The fourth-order valence-electron chi connectivity index (χ4n) is 1.28. The van der Waals surface area contributed by atoms with Crippen LogP contribution in [-0.2, 0) is 22.6 Å². The number of methoxy groups -OCH3 is 2. The van der Waals surface area contributed by atoms with Crippen molar-refractivity contribution in [2.24, 2.45) is 5.73 Å². The van der Waals surface area contributed by atoms with Gasteiger partial charge in [0.1, 0.15) is 0 Å². The number of ether oxygens (including phenoxy) is 2. The minimum atomic E-state index is 0.0412. The smallest absolute Gasteiger partial charge is 0.0983 e. The number of hydrogen-bond donors (Lipinski definition) is 1. The molecule has 1 aromatic heterocycles. The van der Waals surface area contributed by atoms with Gasteiger partial charge in [-0.25, -0.2) is 4.98 Å². The second-order valence-corrected chi connectivity index (χ2v) is 3.05. The van der Waals surface area contributed by atoms with Gasteiger partial charge in [-0.3, -0.25) is 0 Å².